The summed E-state index contributed by atoms with van der Waals surface area (Å²) in [7, 11) is 1.30. The summed E-state index contributed by atoms with van der Waals surface area (Å²) in [4.78, 5) is 38.9. The van der Waals surface area contributed by atoms with Crippen LogP contribution in [0.25, 0.3) is 0 Å². The van der Waals surface area contributed by atoms with Crippen molar-refractivity contribution in [1.82, 2.24) is 15.3 Å². The number of benzene rings is 1. The van der Waals surface area contributed by atoms with Crippen LogP contribution in [0.5, 0.6) is 0 Å². The molecule has 0 bridgehead atoms. The number of ether oxygens (including phenoxy) is 2. The first kappa shape index (κ1) is 26.7. The number of esters is 2. The van der Waals surface area contributed by atoms with Crippen molar-refractivity contribution in [3.8, 4) is 0 Å². The first-order valence-corrected chi connectivity index (χ1v) is 13.7. The smallest absolute Gasteiger partial charge is 0.360 e. The highest BCUT2D eigenvalue weighted by Gasteiger charge is 2.38. The van der Waals surface area contributed by atoms with Gasteiger partial charge in [-0.25, -0.2) is 23.9 Å². The Morgan fingerprint density at radius 1 is 1.18 bits per heavy atom. The molecule has 1 unspecified atom stereocenters. The fourth-order valence-corrected chi connectivity index (χ4v) is 5.83. The number of allylic oxidation sites excluding steroid dienone is 1. The van der Waals surface area contributed by atoms with E-state index in [-0.39, 0.29) is 30.0 Å². The highest BCUT2D eigenvalue weighted by atomic mass is 32.1. The number of oxazole rings is 1. The highest BCUT2D eigenvalue weighted by Crippen LogP contribution is 2.43. The van der Waals surface area contributed by atoms with Gasteiger partial charge in [0.2, 0.25) is 0 Å². The van der Waals surface area contributed by atoms with Crippen molar-refractivity contribution in [3.05, 3.63) is 80.8 Å². The number of hydrogen-bond acceptors (Lipinski definition) is 10. The minimum atomic E-state index is -0.674. The van der Waals surface area contributed by atoms with Crippen molar-refractivity contribution < 1.29 is 27.9 Å². The lowest BCUT2D eigenvalue weighted by Gasteiger charge is -2.34. The summed E-state index contributed by atoms with van der Waals surface area (Å²) >= 11 is 1.44. The molecule has 9 nitrogen and oxygen atoms in total. The fourth-order valence-electron chi connectivity index (χ4n) is 5.24. The van der Waals surface area contributed by atoms with E-state index in [2.05, 4.69) is 15.3 Å². The van der Waals surface area contributed by atoms with Crippen LogP contribution in [0.2, 0.25) is 0 Å². The molecule has 1 aliphatic heterocycles. The van der Waals surface area contributed by atoms with Gasteiger partial charge in [-0.05, 0) is 68.7 Å². The third-order valence-electron chi connectivity index (χ3n) is 7.13. The van der Waals surface area contributed by atoms with Gasteiger partial charge in [0, 0.05) is 23.2 Å². The van der Waals surface area contributed by atoms with Crippen LogP contribution in [0, 0.1) is 18.7 Å². The standard InChI is InChI=1S/C28H29FN4O5S/c1-4-37-28(35)21-22(16-5-7-17(8-6-16)25-31-20(14-38-25)27(34)36-3)32-24(26-30-11-12-39-26)33-23(21)19-10-9-18(29)13-15(19)2/h9-14,16-17,23H,4-8H2,1-3H3,(H,32,33)/t16-,17+,23?. The van der Waals surface area contributed by atoms with Crippen LogP contribution in [0.4, 0.5) is 4.39 Å². The molecule has 2 aromatic heterocycles. The number of amidine groups is 1. The number of carbonyl (C=O) groups excluding carboxylic acids is 2. The molecular formula is C28H29FN4O5S. The molecule has 3 heterocycles. The van der Waals surface area contributed by atoms with Gasteiger partial charge in [0.15, 0.2) is 22.4 Å². The predicted molar refractivity (Wildman–Crippen MR) is 142 cm³/mol. The monoisotopic (exact) mass is 552 g/mol. The van der Waals surface area contributed by atoms with Crippen LogP contribution in [-0.4, -0.2) is 41.5 Å². The fraction of sp³-hybridized carbons (Fsp3) is 0.393. The number of carbonyl (C=O) groups is 2. The third kappa shape index (κ3) is 5.49. The van der Waals surface area contributed by atoms with Crippen molar-refractivity contribution in [2.75, 3.05) is 13.7 Å². The average molecular weight is 553 g/mol. The van der Waals surface area contributed by atoms with Crippen LogP contribution in [0.3, 0.4) is 0 Å². The van der Waals surface area contributed by atoms with Crippen molar-refractivity contribution in [1.29, 1.82) is 0 Å². The maximum atomic E-state index is 14.0. The van der Waals surface area contributed by atoms with Crippen molar-refractivity contribution >= 4 is 29.1 Å². The number of aromatic nitrogens is 2. The molecule has 39 heavy (non-hydrogen) atoms. The Kier molecular flexibility index (Phi) is 7.87. The number of nitrogens with zero attached hydrogens (tertiary/aromatic N) is 3. The van der Waals surface area contributed by atoms with Crippen molar-refractivity contribution in [2.24, 2.45) is 10.9 Å². The van der Waals surface area contributed by atoms with Gasteiger partial charge in [-0.1, -0.05) is 6.07 Å². The number of nitrogens with one attached hydrogen (secondary N) is 1. The molecule has 1 saturated carbocycles. The Labute approximate surface area is 229 Å². The van der Waals surface area contributed by atoms with Crippen LogP contribution < -0.4 is 5.32 Å². The van der Waals surface area contributed by atoms with Gasteiger partial charge in [0.1, 0.15) is 18.1 Å². The van der Waals surface area contributed by atoms with Gasteiger partial charge in [0.25, 0.3) is 0 Å². The number of thiazole rings is 1. The van der Waals surface area contributed by atoms with E-state index in [9.17, 15) is 14.0 Å². The molecule has 0 saturated heterocycles. The van der Waals surface area contributed by atoms with Gasteiger partial charge in [-0.15, -0.1) is 11.3 Å². The van der Waals surface area contributed by atoms with E-state index in [1.54, 1.807) is 19.2 Å². The quantitative estimate of drug-likeness (QED) is 0.395. The summed E-state index contributed by atoms with van der Waals surface area (Å²) in [6.45, 7) is 3.79. The first-order chi connectivity index (χ1) is 18.9. The van der Waals surface area contributed by atoms with E-state index in [1.807, 2.05) is 12.3 Å². The number of aryl methyl sites for hydroxylation is 1. The van der Waals surface area contributed by atoms with E-state index in [1.165, 1.54) is 36.8 Å². The lowest BCUT2D eigenvalue weighted by molar-refractivity contribution is -0.139. The number of hydrogen-bond donors (Lipinski definition) is 1. The zero-order valence-corrected chi connectivity index (χ0v) is 22.7. The Balaban J connectivity index is 1.50. The van der Waals surface area contributed by atoms with Crippen LogP contribution >= 0.6 is 11.3 Å². The molecule has 5 rings (SSSR count). The molecule has 1 atom stereocenters. The molecule has 11 heteroatoms. The Bertz CT molecular complexity index is 1420. The summed E-state index contributed by atoms with van der Waals surface area (Å²) in [6, 6.07) is 3.84. The van der Waals surface area contributed by atoms with E-state index in [0.29, 0.717) is 27.9 Å². The second kappa shape index (κ2) is 11.5. The number of halogens is 1. The summed E-state index contributed by atoms with van der Waals surface area (Å²) in [6.07, 6.45) is 6.01. The van der Waals surface area contributed by atoms with Crippen molar-refractivity contribution in [3.63, 3.8) is 0 Å². The van der Waals surface area contributed by atoms with Gasteiger partial charge < -0.3 is 19.2 Å². The average Bonchev–Trinajstić information content (AvgIpc) is 3.65. The maximum absolute atomic E-state index is 14.0. The second-order valence-corrected chi connectivity index (χ2v) is 10.4. The molecule has 1 N–H and O–H groups in total. The molecule has 204 valence electrons. The minimum absolute atomic E-state index is 0.00409. The van der Waals surface area contributed by atoms with E-state index in [0.717, 1.165) is 36.9 Å². The molecule has 1 aliphatic carbocycles. The number of methoxy groups -OCH3 is 1. The second-order valence-electron chi connectivity index (χ2n) is 9.50. The zero-order valence-electron chi connectivity index (χ0n) is 21.9. The number of aliphatic imine (C=N–C) groups is 1. The molecule has 1 fully saturated rings. The molecule has 3 aromatic rings. The SMILES string of the molecule is CCOC(=O)C1=C([C@H]2CC[C@@H](c3nc(C(=O)OC)co3)CC2)NC(c2nccs2)=NC1c1ccc(F)cc1C. The molecular weight excluding hydrogens is 523 g/mol. The zero-order chi connectivity index (χ0) is 27.5. The summed E-state index contributed by atoms with van der Waals surface area (Å²) in [5.41, 5.74) is 2.76. The molecule has 0 radical (unpaired) electrons. The predicted octanol–water partition coefficient (Wildman–Crippen LogP) is 5.25. The number of rotatable bonds is 7. The van der Waals surface area contributed by atoms with Crippen LogP contribution in [0.1, 0.15) is 77.1 Å². The lowest BCUT2D eigenvalue weighted by atomic mass is 9.77. The third-order valence-corrected chi connectivity index (χ3v) is 7.91. The lowest BCUT2D eigenvalue weighted by Crippen LogP contribution is -2.38. The molecule has 0 spiro atoms. The molecule has 2 aliphatic rings. The molecule has 0 amide bonds. The Morgan fingerprint density at radius 3 is 2.62 bits per heavy atom. The van der Waals surface area contributed by atoms with E-state index in [4.69, 9.17) is 18.9 Å². The van der Waals surface area contributed by atoms with Gasteiger partial charge in [-0.2, -0.15) is 0 Å². The molecule has 1 aromatic carbocycles. The maximum Gasteiger partial charge on any atom is 0.360 e. The highest BCUT2D eigenvalue weighted by molar-refractivity contribution is 7.11. The summed E-state index contributed by atoms with van der Waals surface area (Å²) in [5.74, 6) is -0.217. The normalized spacial score (nSPS) is 21.2. The van der Waals surface area contributed by atoms with E-state index >= 15 is 0 Å². The topological polar surface area (TPSA) is 116 Å². The van der Waals surface area contributed by atoms with Gasteiger partial charge in [-0.3, -0.25) is 4.99 Å². The Morgan fingerprint density at radius 2 is 1.95 bits per heavy atom. The largest absolute Gasteiger partial charge is 0.464 e. The Hall–Kier alpha value is -3.86. The minimum Gasteiger partial charge on any atom is -0.464 e. The van der Waals surface area contributed by atoms with Crippen LogP contribution in [0.15, 0.2) is 56.7 Å². The van der Waals surface area contributed by atoms with Crippen LogP contribution in [-0.2, 0) is 14.3 Å². The first-order valence-electron chi connectivity index (χ1n) is 12.8. The van der Waals surface area contributed by atoms with Gasteiger partial charge in [0.05, 0.1) is 19.3 Å². The summed E-state index contributed by atoms with van der Waals surface area (Å²) < 4.78 is 29.8. The van der Waals surface area contributed by atoms with E-state index < -0.39 is 18.0 Å². The summed E-state index contributed by atoms with van der Waals surface area (Å²) in [5, 5.41) is 5.99. The van der Waals surface area contributed by atoms with Gasteiger partial charge >= 0.3 is 11.9 Å². The van der Waals surface area contributed by atoms with Crippen molar-refractivity contribution in [2.45, 2.75) is 51.5 Å².